The van der Waals surface area contributed by atoms with Crippen LogP contribution in [0.3, 0.4) is 0 Å². The zero-order chi connectivity index (χ0) is 13.2. The first-order valence-corrected chi connectivity index (χ1v) is 6.28. The minimum Gasteiger partial charge on any atom is -0.358 e. The fourth-order valence-corrected chi connectivity index (χ4v) is 2.51. The highest BCUT2D eigenvalue weighted by atomic mass is 16.2. The lowest BCUT2D eigenvalue weighted by Gasteiger charge is -2.27. The lowest BCUT2D eigenvalue weighted by molar-refractivity contribution is 0.0728. The Kier molecular flexibility index (Phi) is 2.91. The second-order valence-electron chi connectivity index (χ2n) is 4.67. The Balaban J connectivity index is 1.84. The summed E-state index contributed by atoms with van der Waals surface area (Å²) in [6.07, 6.45) is 3.14. The molecule has 1 aliphatic rings. The molecule has 0 saturated heterocycles. The summed E-state index contributed by atoms with van der Waals surface area (Å²) in [4.78, 5) is 27.9. The fraction of sp³-hybridized carbons (Fsp3) is 0.200. The molecule has 0 unspecified atom stereocenters. The molecule has 19 heavy (non-hydrogen) atoms. The van der Waals surface area contributed by atoms with E-state index >= 15 is 0 Å². The number of aldehydes is 1. The number of nitrogens with zero attached hydrogens (tertiary/aromatic N) is 1. The molecule has 2 aromatic rings. The van der Waals surface area contributed by atoms with Crippen molar-refractivity contribution < 1.29 is 9.59 Å². The van der Waals surface area contributed by atoms with Crippen LogP contribution in [-0.4, -0.2) is 28.6 Å². The highest BCUT2D eigenvalue weighted by molar-refractivity contribution is 5.98. The molecule has 0 saturated carbocycles. The van der Waals surface area contributed by atoms with Crippen molar-refractivity contribution in [1.82, 2.24) is 9.88 Å². The molecular weight excluding hydrogens is 240 g/mol. The van der Waals surface area contributed by atoms with Gasteiger partial charge in [-0.05, 0) is 17.5 Å². The summed E-state index contributed by atoms with van der Waals surface area (Å²) in [5, 5.41) is 0. The van der Waals surface area contributed by atoms with E-state index in [1.807, 2.05) is 35.2 Å². The third-order valence-corrected chi connectivity index (χ3v) is 3.51. The maximum atomic E-state index is 12.3. The van der Waals surface area contributed by atoms with Crippen molar-refractivity contribution in [1.29, 1.82) is 0 Å². The fourth-order valence-electron chi connectivity index (χ4n) is 2.51. The van der Waals surface area contributed by atoms with Gasteiger partial charge in [-0.3, -0.25) is 9.59 Å². The van der Waals surface area contributed by atoms with Crippen molar-refractivity contribution in [2.24, 2.45) is 0 Å². The van der Waals surface area contributed by atoms with Crippen LogP contribution in [0, 0.1) is 0 Å². The quantitative estimate of drug-likeness (QED) is 0.852. The summed E-state index contributed by atoms with van der Waals surface area (Å²) < 4.78 is 0. The number of amides is 1. The van der Waals surface area contributed by atoms with E-state index in [2.05, 4.69) is 4.98 Å². The van der Waals surface area contributed by atoms with Gasteiger partial charge in [0, 0.05) is 19.3 Å². The van der Waals surface area contributed by atoms with E-state index in [9.17, 15) is 9.59 Å². The molecule has 0 radical (unpaired) electrons. The SMILES string of the molecule is O=Cc1[nH]cc2c1CCN(Cc1ccccc1)C2=O. The van der Waals surface area contributed by atoms with E-state index in [4.69, 9.17) is 0 Å². The number of carbonyl (C=O) groups excluding carboxylic acids is 2. The largest absolute Gasteiger partial charge is 0.358 e. The van der Waals surface area contributed by atoms with Crippen LogP contribution < -0.4 is 0 Å². The Morgan fingerprint density at radius 2 is 2.05 bits per heavy atom. The van der Waals surface area contributed by atoms with E-state index in [0.29, 0.717) is 24.3 Å². The van der Waals surface area contributed by atoms with Gasteiger partial charge in [-0.1, -0.05) is 30.3 Å². The number of carbonyl (C=O) groups is 2. The van der Waals surface area contributed by atoms with Gasteiger partial charge >= 0.3 is 0 Å². The van der Waals surface area contributed by atoms with E-state index in [1.54, 1.807) is 6.20 Å². The maximum Gasteiger partial charge on any atom is 0.256 e. The molecule has 3 rings (SSSR count). The number of aromatic amines is 1. The Labute approximate surface area is 111 Å². The molecule has 1 N–H and O–H groups in total. The molecule has 4 heteroatoms. The van der Waals surface area contributed by atoms with Crippen LogP contribution in [0.15, 0.2) is 36.5 Å². The Morgan fingerprint density at radius 3 is 2.79 bits per heavy atom. The van der Waals surface area contributed by atoms with E-state index in [1.165, 1.54) is 0 Å². The van der Waals surface area contributed by atoms with Gasteiger partial charge in [-0.25, -0.2) is 0 Å². The molecule has 96 valence electrons. The molecule has 0 spiro atoms. The number of rotatable bonds is 3. The highest BCUT2D eigenvalue weighted by Gasteiger charge is 2.27. The lowest BCUT2D eigenvalue weighted by atomic mass is 10.0. The van der Waals surface area contributed by atoms with Gasteiger partial charge in [-0.15, -0.1) is 0 Å². The number of hydrogen-bond donors (Lipinski definition) is 1. The smallest absolute Gasteiger partial charge is 0.256 e. The van der Waals surface area contributed by atoms with E-state index in [0.717, 1.165) is 23.8 Å². The van der Waals surface area contributed by atoms with Gasteiger partial charge in [0.1, 0.15) is 0 Å². The van der Waals surface area contributed by atoms with Crippen LogP contribution in [0.2, 0.25) is 0 Å². The van der Waals surface area contributed by atoms with Crippen LogP contribution in [0.25, 0.3) is 0 Å². The van der Waals surface area contributed by atoms with Gasteiger partial charge in [0.2, 0.25) is 0 Å². The van der Waals surface area contributed by atoms with Crippen LogP contribution in [0.1, 0.15) is 32.0 Å². The minimum atomic E-state index is -0.00514. The van der Waals surface area contributed by atoms with E-state index in [-0.39, 0.29) is 5.91 Å². The van der Waals surface area contributed by atoms with Gasteiger partial charge in [0.15, 0.2) is 6.29 Å². The molecular formula is C15H14N2O2. The summed E-state index contributed by atoms with van der Waals surface area (Å²) in [7, 11) is 0. The van der Waals surface area contributed by atoms with Crippen molar-refractivity contribution in [3.63, 3.8) is 0 Å². The average Bonchev–Trinajstić information content (AvgIpc) is 2.87. The molecule has 0 fully saturated rings. The number of hydrogen-bond acceptors (Lipinski definition) is 2. The molecule has 0 aliphatic carbocycles. The van der Waals surface area contributed by atoms with Crippen LogP contribution in [-0.2, 0) is 13.0 Å². The Bertz CT molecular complexity index is 616. The molecule has 4 nitrogen and oxygen atoms in total. The lowest BCUT2D eigenvalue weighted by Crippen LogP contribution is -2.36. The van der Waals surface area contributed by atoms with Crippen LogP contribution >= 0.6 is 0 Å². The first-order chi connectivity index (χ1) is 9.29. The van der Waals surface area contributed by atoms with Crippen molar-refractivity contribution >= 4 is 12.2 Å². The summed E-state index contributed by atoms with van der Waals surface area (Å²) in [5.41, 5.74) is 3.13. The van der Waals surface area contributed by atoms with Crippen LogP contribution in [0.4, 0.5) is 0 Å². The Morgan fingerprint density at radius 1 is 1.26 bits per heavy atom. The number of fused-ring (bicyclic) bond motifs is 1. The molecule has 2 heterocycles. The second kappa shape index (κ2) is 4.72. The first-order valence-electron chi connectivity index (χ1n) is 6.28. The summed E-state index contributed by atoms with van der Waals surface area (Å²) in [6.45, 7) is 1.26. The maximum absolute atomic E-state index is 12.3. The topological polar surface area (TPSA) is 53.2 Å². The van der Waals surface area contributed by atoms with Crippen LogP contribution in [0.5, 0.6) is 0 Å². The van der Waals surface area contributed by atoms with Gasteiger partial charge < -0.3 is 9.88 Å². The Hall–Kier alpha value is -2.36. The standard InChI is InChI=1S/C15H14N2O2/c18-10-14-12-6-7-17(15(19)13(12)8-16-14)9-11-4-2-1-3-5-11/h1-5,8,10,16H,6-7,9H2. The number of H-pyrrole nitrogens is 1. The number of benzene rings is 1. The second-order valence-corrected chi connectivity index (χ2v) is 4.67. The zero-order valence-corrected chi connectivity index (χ0v) is 10.4. The third-order valence-electron chi connectivity index (χ3n) is 3.51. The van der Waals surface area contributed by atoms with Crippen molar-refractivity contribution in [2.75, 3.05) is 6.54 Å². The third kappa shape index (κ3) is 2.05. The van der Waals surface area contributed by atoms with Gasteiger partial charge in [0.25, 0.3) is 5.91 Å². The van der Waals surface area contributed by atoms with Gasteiger partial charge in [-0.2, -0.15) is 0 Å². The van der Waals surface area contributed by atoms with E-state index < -0.39 is 0 Å². The molecule has 1 aromatic heterocycles. The number of nitrogens with one attached hydrogen (secondary N) is 1. The van der Waals surface area contributed by atoms with Gasteiger partial charge in [0.05, 0.1) is 11.3 Å². The summed E-state index contributed by atoms with van der Waals surface area (Å²) >= 11 is 0. The first kappa shape index (κ1) is 11.7. The molecule has 0 atom stereocenters. The minimum absolute atomic E-state index is 0.00514. The summed E-state index contributed by atoms with van der Waals surface area (Å²) in [6, 6.07) is 9.92. The number of aromatic nitrogens is 1. The summed E-state index contributed by atoms with van der Waals surface area (Å²) in [5.74, 6) is -0.00514. The molecule has 0 bridgehead atoms. The predicted octanol–water partition coefficient (Wildman–Crippen LogP) is 2.03. The molecule has 1 amide bonds. The predicted molar refractivity (Wildman–Crippen MR) is 71.1 cm³/mol. The normalized spacial score (nSPS) is 14.3. The van der Waals surface area contributed by atoms with Crippen molar-refractivity contribution in [3.8, 4) is 0 Å². The monoisotopic (exact) mass is 254 g/mol. The molecule has 1 aromatic carbocycles. The van der Waals surface area contributed by atoms with Crippen molar-refractivity contribution in [3.05, 3.63) is 58.9 Å². The zero-order valence-electron chi connectivity index (χ0n) is 10.4. The average molecular weight is 254 g/mol. The van der Waals surface area contributed by atoms with Crippen molar-refractivity contribution in [2.45, 2.75) is 13.0 Å². The highest BCUT2D eigenvalue weighted by Crippen LogP contribution is 2.22. The molecule has 1 aliphatic heterocycles.